The van der Waals surface area contributed by atoms with E-state index in [2.05, 4.69) is 20.4 Å². The summed E-state index contributed by atoms with van der Waals surface area (Å²) in [5.74, 6) is 5.82. The molecule has 0 unspecified atom stereocenters. The van der Waals surface area contributed by atoms with Crippen LogP contribution in [-0.4, -0.2) is 15.0 Å². The molecular formula is C11H13N5S. The summed E-state index contributed by atoms with van der Waals surface area (Å²) in [6.07, 6.45) is 3.25. The predicted octanol–water partition coefficient (Wildman–Crippen LogP) is 1.93. The maximum absolute atomic E-state index is 5.28. The molecule has 0 atom stereocenters. The van der Waals surface area contributed by atoms with Gasteiger partial charge in [-0.05, 0) is 43.3 Å². The van der Waals surface area contributed by atoms with Crippen LogP contribution in [0.25, 0.3) is 0 Å². The number of rotatable bonds is 3. The highest BCUT2D eigenvalue weighted by atomic mass is 32.2. The van der Waals surface area contributed by atoms with Crippen molar-refractivity contribution >= 4 is 17.6 Å². The van der Waals surface area contributed by atoms with E-state index in [4.69, 9.17) is 5.84 Å². The van der Waals surface area contributed by atoms with Crippen LogP contribution < -0.4 is 11.3 Å². The van der Waals surface area contributed by atoms with Crippen LogP contribution in [0.15, 0.2) is 34.6 Å². The lowest BCUT2D eigenvalue weighted by Crippen LogP contribution is -2.08. The second-order valence-corrected chi connectivity index (χ2v) is 4.65. The molecule has 0 amide bonds. The average molecular weight is 247 g/mol. The van der Waals surface area contributed by atoms with Gasteiger partial charge in [0.1, 0.15) is 10.1 Å². The van der Waals surface area contributed by atoms with E-state index in [9.17, 15) is 0 Å². The van der Waals surface area contributed by atoms with E-state index in [1.165, 1.54) is 17.3 Å². The largest absolute Gasteiger partial charge is 0.307 e. The average Bonchev–Trinajstić information content (AvgIpc) is 2.28. The van der Waals surface area contributed by atoms with Gasteiger partial charge in [-0.1, -0.05) is 0 Å². The summed E-state index contributed by atoms with van der Waals surface area (Å²) < 4.78 is 0. The maximum Gasteiger partial charge on any atom is 0.159 e. The molecule has 0 aliphatic carbocycles. The van der Waals surface area contributed by atoms with Gasteiger partial charge in [-0.15, -0.1) is 0 Å². The first kappa shape index (κ1) is 11.8. The Hall–Kier alpha value is -1.66. The number of hydrogen-bond acceptors (Lipinski definition) is 6. The van der Waals surface area contributed by atoms with Crippen molar-refractivity contribution in [3.05, 3.63) is 35.8 Å². The zero-order valence-corrected chi connectivity index (χ0v) is 10.5. The van der Waals surface area contributed by atoms with Crippen molar-refractivity contribution < 1.29 is 0 Å². The van der Waals surface area contributed by atoms with E-state index in [0.717, 1.165) is 15.7 Å². The molecular weight excluding hydrogens is 234 g/mol. The molecule has 2 aromatic heterocycles. The van der Waals surface area contributed by atoms with Gasteiger partial charge >= 0.3 is 0 Å². The lowest BCUT2D eigenvalue weighted by molar-refractivity contribution is 1.01. The molecule has 17 heavy (non-hydrogen) atoms. The Morgan fingerprint density at radius 3 is 2.65 bits per heavy atom. The molecule has 0 bridgehead atoms. The van der Waals surface area contributed by atoms with Crippen molar-refractivity contribution in [3.8, 4) is 0 Å². The first-order chi connectivity index (χ1) is 8.17. The van der Waals surface area contributed by atoms with Crippen molar-refractivity contribution in [2.24, 2.45) is 5.84 Å². The number of aromatic nitrogens is 3. The summed E-state index contributed by atoms with van der Waals surface area (Å²) in [5.41, 5.74) is 4.64. The number of pyridine rings is 1. The number of anilines is 1. The third-order valence-electron chi connectivity index (χ3n) is 2.04. The summed E-state index contributed by atoms with van der Waals surface area (Å²) in [6.45, 7) is 4.02. The Kier molecular flexibility index (Phi) is 3.55. The summed E-state index contributed by atoms with van der Waals surface area (Å²) in [7, 11) is 0. The molecule has 0 saturated carbocycles. The van der Waals surface area contributed by atoms with Crippen LogP contribution in [0.2, 0.25) is 0 Å². The first-order valence-corrected chi connectivity index (χ1v) is 5.91. The molecule has 0 saturated heterocycles. The quantitative estimate of drug-likeness (QED) is 0.637. The highest BCUT2D eigenvalue weighted by molar-refractivity contribution is 7.99. The van der Waals surface area contributed by atoms with Crippen molar-refractivity contribution in [2.45, 2.75) is 23.9 Å². The number of nitrogens with two attached hydrogens (primary N) is 1. The Labute approximate surface area is 104 Å². The number of nitrogens with one attached hydrogen (secondary N) is 1. The zero-order chi connectivity index (χ0) is 12.3. The second kappa shape index (κ2) is 5.11. The highest BCUT2D eigenvalue weighted by Crippen LogP contribution is 2.25. The summed E-state index contributed by atoms with van der Waals surface area (Å²) in [4.78, 5) is 12.7. The molecule has 0 aliphatic heterocycles. The fourth-order valence-electron chi connectivity index (χ4n) is 1.43. The SMILES string of the molecule is Cc1cc(C)nc(Sc2cncc(NN)n2)c1. The molecule has 6 heteroatoms. The van der Waals surface area contributed by atoms with Crippen molar-refractivity contribution in [1.29, 1.82) is 0 Å². The van der Waals surface area contributed by atoms with Crippen LogP contribution in [0.3, 0.4) is 0 Å². The van der Waals surface area contributed by atoms with E-state index < -0.39 is 0 Å². The normalized spacial score (nSPS) is 10.3. The number of nitrogens with zero attached hydrogens (tertiary/aromatic N) is 3. The van der Waals surface area contributed by atoms with E-state index >= 15 is 0 Å². The van der Waals surface area contributed by atoms with Gasteiger partial charge in [0.05, 0.1) is 12.4 Å². The fraction of sp³-hybridized carbons (Fsp3) is 0.182. The minimum atomic E-state index is 0.541. The molecule has 3 N–H and O–H groups in total. The topological polar surface area (TPSA) is 76.7 Å². The van der Waals surface area contributed by atoms with Crippen molar-refractivity contribution in [1.82, 2.24) is 15.0 Å². The summed E-state index contributed by atoms with van der Waals surface area (Å²) in [5, 5.41) is 1.67. The van der Waals surface area contributed by atoms with Gasteiger partial charge in [-0.2, -0.15) is 0 Å². The number of aryl methyl sites for hydroxylation is 2. The van der Waals surface area contributed by atoms with Crippen LogP contribution >= 0.6 is 11.8 Å². The Bertz CT molecular complexity index is 509. The zero-order valence-electron chi connectivity index (χ0n) is 9.64. The van der Waals surface area contributed by atoms with E-state index in [0.29, 0.717) is 5.82 Å². The Morgan fingerprint density at radius 1 is 1.12 bits per heavy atom. The number of hydrazine groups is 1. The van der Waals surface area contributed by atoms with Crippen LogP contribution in [-0.2, 0) is 0 Å². The van der Waals surface area contributed by atoms with Gasteiger partial charge in [-0.25, -0.2) is 15.8 Å². The Balaban J connectivity index is 2.24. The molecule has 0 aromatic carbocycles. The number of nitrogen functional groups attached to an aromatic ring is 1. The van der Waals surface area contributed by atoms with Gasteiger partial charge < -0.3 is 5.43 Å². The van der Waals surface area contributed by atoms with Crippen LogP contribution in [0.4, 0.5) is 5.82 Å². The maximum atomic E-state index is 5.28. The van der Waals surface area contributed by atoms with E-state index in [-0.39, 0.29) is 0 Å². The van der Waals surface area contributed by atoms with Gasteiger partial charge in [0.2, 0.25) is 0 Å². The minimum Gasteiger partial charge on any atom is -0.307 e. The molecule has 88 valence electrons. The first-order valence-electron chi connectivity index (χ1n) is 5.09. The van der Waals surface area contributed by atoms with Gasteiger partial charge in [-0.3, -0.25) is 4.98 Å². The molecule has 0 radical (unpaired) electrons. The minimum absolute atomic E-state index is 0.541. The predicted molar refractivity (Wildman–Crippen MR) is 67.7 cm³/mol. The van der Waals surface area contributed by atoms with Crippen LogP contribution in [0, 0.1) is 13.8 Å². The van der Waals surface area contributed by atoms with Gasteiger partial charge in [0.15, 0.2) is 5.82 Å². The molecule has 2 rings (SSSR count). The van der Waals surface area contributed by atoms with Crippen molar-refractivity contribution in [3.63, 3.8) is 0 Å². The van der Waals surface area contributed by atoms with Crippen LogP contribution in [0.1, 0.15) is 11.3 Å². The lowest BCUT2D eigenvalue weighted by atomic mass is 10.3. The lowest BCUT2D eigenvalue weighted by Gasteiger charge is -2.04. The van der Waals surface area contributed by atoms with Gasteiger partial charge in [0.25, 0.3) is 0 Å². The molecule has 0 spiro atoms. The molecule has 2 heterocycles. The monoisotopic (exact) mass is 247 g/mol. The summed E-state index contributed by atoms with van der Waals surface area (Å²) >= 11 is 1.47. The van der Waals surface area contributed by atoms with E-state index in [1.54, 1.807) is 12.4 Å². The summed E-state index contributed by atoms with van der Waals surface area (Å²) in [6, 6.07) is 4.05. The third-order valence-corrected chi connectivity index (χ3v) is 2.87. The third kappa shape index (κ3) is 3.15. The van der Waals surface area contributed by atoms with Crippen LogP contribution in [0.5, 0.6) is 0 Å². The van der Waals surface area contributed by atoms with E-state index in [1.807, 2.05) is 26.0 Å². The molecule has 2 aromatic rings. The smallest absolute Gasteiger partial charge is 0.159 e. The van der Waals surface area contributed by atoms with Gasteiger partial charge in [0, 0.05) is 5.69 Å². The number of hydrogen-bond donors (Lipinski definition) is 2. The molecule has 0 fully saturated rings. The Morgan fingerprint density at radius 2 is 1.94 bits per heavy atom. The highest BCUT2D eigenvalue weighted by Gasteiger charge is 2.03. The van der Waals surface area contributed by atoms with Crippen molar-refractivity contribution in [2.75, 3.05) is 5.43 Å². The standard InChI is InChI=1S/C11H13N5S/c1-7-3-8(2)14-10(4-7)17-11-6-13-5-9(15-11)16-12/h3-6H,12H2,1-2H3,(H,15,16). The fourth-order valence-corrected chi connectivity index (χ4v) is 2.34. The second-order valence-electron chi connectivity index (χ2n) is 3.61. The molecule has 0 aliphatic rings. The molecule has 5 nitrogen and oxygen atoms in total.